The zero-order valence-electron chi connectivity index (χ0n) is 7.17. The number of hydrogen-bond donors (Lipinski definition) is 1. The van der Waals surface area contributed by atoms with Gasteiger partial charge in [0.1, 0.15) is 0 Å². The Hall–Kier alpha value is 0.440. The van der Waals surface area contributed by atoms with Crippen LogP contribution in [0, 0.1) is 17.8 Å². The van der Waals surface area contributed by atoms with Gasteiger partial charge in [0.2, 0.25) is 0 Å². The number of aliphatic hydroxyl groups is 1. The lowest BCUT2D eigenvalue weighted by molar-refractivity contribution is -0.0797. The van der Waals surface area contributed by atoms with Crippen LogP contribution in [-0.2, 0) is 0 Å². The van der Waals surface area contributed by atoms with Gasteiger partial charge >= 0.3 is 0 Å². The lowest BCUT2D eigenvalue weighted by atomic mass is 9.55. The standard InChI is InChI=1S/C10H15BrO/c11-10-3-6-1-7(4-10)9(12)8(2-6)5-10/h6-9,12H,1-5H2/t6?,7-,8+,9?,10?. The molecule has 4 rings (SSSR count). The van der Waals surface area contributed by atoms with E-state index >= 15 is 0 Å². The molecule has 68 valence electrons. The summed E-state index contributed by atoms with van der Waals surface area (Å²) < 4.78 is 0.433. The number of aliphatic hydroxyl groups excluding tert-OH is 1. The van der Waals surface area contributed by atoms with Crippen molar-refractivity contribution in [1.29, 1.82) is 0 Å². The van der Waals surface area contributed by atoms with Crippen LogP contribution in [0.15, 0.2) is 0 Å². The molecule has 2 heteroatoms. The van der Waals surface area contributed by atoms with Crippen LogP contribution in [0.5, 0.6) is 0 Å². The number of alkyl halides is 1. The minimum atomic E-state index is 0.0345. The quantitative estimate of drug-likeness (QED) is 0.634. The summed E-state index contributed by atoms with van der Waals surface area (Å²) in [5, 5.41) is 9.92. The number of rotatable bonds is 0. The van der Waals surface area contributed by atoms with Crippen molar-refractivity contribution >= 4 is 15.9 Å². The summed E-state index contributed by atoms with van der Waals surface area (Å²) in [6.45, 7) is 0. The van der Waals surface area contributed by atoms with Crippen LogP contribution in [0.3, 0.4) is 0 Å². The lowest BCUT2D eigenvalue weighted by Crippen LogP contribution is -2.54. The summed E-state index contributed by atoms with van der Waals surface area (Å²) in [6, 6.07) is 0. The summed E-state index contributed by atoms with van der Waals surface area (Å²) in [5.41, 5.74) is 0. The molecule has 12 heavy (non-hydrogen) atoms. The minimum Gasteiger partial charge on any atom is -0.393 e. The third-order valence-corrected chi connectivity index (χ3v) is 5.12. The summed E-state index contributed by atoms with van der Waals surface area (Å²) in [5.74, 6) is 2.16. The molecule has 0 heterocycles. The molecule has 0 aliphatic heterocycles. The fourth-order valence-electron chi connectivity index (χ4n) is 3.90. The molecule has 0 aromatic heterocycles. The smallest absolute Gasteiger partial charge is 0.0597 e. The summed E-state index contributed by atoms with van der Waals surface area (Å²) >= 11 is 3.87. The Bertz CT molecular complexity index is 200. The first kappa shape index (κ1) is 7.81. The molecule has 5 atom stereocenters. The van der Waals surface area contributed by atoms with Gasteiger partial charge < -0.3 is 5.11 Å². The fourth-order valence-corrected chi connectivity index (χ4v) is 5.19. The molecule has 0 saturated heterocycles. The van der Waals surface area contributed by atoms with Crippen LogP contribution in [0.25, 0.3) is 0 Å². The normalized spacial score (nSPS) is 62.5. The van der Waals surface area contributed by atoms with Gasteiger partial charge in [-0.3, -0.25) is 0 Å². The largest absolute Gasteiger partial charge is 0.393 e. The molecule has 1 nitrogen and oxygen atoms in total. The SMILES string of the molecule is OC1[C@@H]2CC3C[C@H]1CC(Br)(C3)C2. The molecular formula is C10H15BrO. The van der Waals surface area contributed by atoms with Crippen molar-refractivity contribution in [3.05, 3.63) is 0 Å². The van der Waals surface area contributed by atoms with Gasteiger partial charge in [-0.25, -0.2) is 0 Å². The maximum Gasteiger partial charge on any atom is 0.0597 e. The highest BCUT2D eigenvalue weighted by molar-refractivity contribution is 9.10. The molecule has 0 radical (unpaired) electrons. The highest BCUT2D eigenvalue weighted by Crippen LogP contribution is 2.58. The van der Waals surface area contributed by atoms with Crippen LogP contribution >= 0.6 is 15.9 Å². The lowest BCUT2D eigenvalue weighted by Gasteiger charge is -2.56. The summed E-state index contributed by atoms with van der Waals surface area (Å²) in [4.78, 5) is 0. The Kier molecular flexibility index (Phi) is 1.48. The zero-order chi connectivity index (χ0) is 8.34. The summed E-state index contributed by atoms with van der Waals surface area (Å²) in [7, 11) is 0. The first-order valence-corrected chi connectivity index (χ1v) is 5.83. The maximum atomic E-state index is 9.92. The van der Waals surface area contributed by atoms with E-state index in [0.29, 0.717) is 16.2 Å². The Morgan fingerprint density at radius 3 is 2.17 bits per heavy atom. The highest BCUT2D eigenvalue weighted by atomic mass is 79.9. The second kappa shape index (κ2) is 2.27. The fraction of sp³-hybridized carbons (Fsp3) is 1.00. The van der Waals surface area contributed by atoms with Gasteiger partial charge in [0.05, 0.1) is 6.10 Å². The van der Waals surface area contributed by atoms with Crippen molar-refractivity contribution in [3.8, 4) is 0 Å². The van der Waals surface area contributed by atoms with Gasteiger partial charge in [0, 0.05) is 4.32 Å². The molecule has 0 spiro atoms. The Morgan fingerprint density at radius 1 is 1.08 bits per heavy atom. The van der Waals surface area contributed by atoms with Crippen LogP contribution in [-0.4, -0.2) is 15.5 Å². The van der Waals surface area contributed by atoms with Crippen LogP contribution < -0.4 is 0 Å². The van der Waals surface area contributed by atoms with E-state index in [-0.39, 0.29) is 6.10 Å². The highest BCUT2D eigenvalue weighted by Gasteiger charge is 2.53. The predicted octanol–water partition coefficient (Wildman–Crippen LogP) is 2.32. The minimum absolute atomic E-state index is 0.0345. The average molecular weight is 231 g/mol. The van der Waals surface area contributed by atoms with Crippen LogP contribution in [0.4, 0.5) is 0 Å². The third-order valence-electron chi connectivity index (χ3n) is 4.15. The van der Waals surface area contributed by atoms with Crippen molar-refractivity contribution in [2.24, 2.45) is 17.8 Å². The van der Waals surface area contributed by atoms with Crippen molar-refractivity contribution < 1.29 is 5.11 Å². The molecule has 0 aromatic carbocycles. The zero-order valence-corrected chi connectivity index (χ0v) is 8.76. The maximum absolute atomic E-state index is 9.92. The topological polar surface area (TPSA) is 20.2 Å². The van der Waals surface area contributed by atoms with Crippen LogP contribution in [0.2, 0.25) is 0 Å². The first-order chi connectivity index (χ1) is 5.66. The van der Waals surface area contributed by atoms with E-state index in [1.807, 2.05) is 0 Å². The van der Waals surface area contributed by atoms with Crippen molar-refractivity contribution in [2.45, 2.75) is 42.5 Å². The number of halogens is 1. The van der Waals surface area contributed by atoms with Gasteiger partial charge in [-0.2, -0.15) is 0 Å². The summed E-state index contributed by atoms with van der Waals surface area (Å²) in [6.07, 6.45) is 6.44. The molecule has 4 bridgehead atoms. The van der Waals surface area contributed by atoms with Gasteiger partial charge in [-0.15, -0.1) is 0 Å². The first-order valence-electron chi connectivity index (χ1n) is 5.03. The van der Waals surface area contributed by atoms with E-state index in [1.165, 1.54) is 32.1 Å². The van der Waals surface area contributed by atoms with E-state index in [0.717, 1.165) is 5.92 Å². The van der Waals surface area contributed by atoms with Gasteiger partial charge in [-0.1, -0.05) is 15.9 Å². The van der Waals surface area contributed by atoms with Crippen molar-refractivity contribution in [3.63, 3.8) is 0 Å². The molecule has 4 fully saturated rings. The Labute approximate surface area is 81.7 Å². The monoisotopic (exact) mass is 230 g/mol. The molecule has 4 saturated carbocycles. The Morgan fingerprint density at radius 2 is 1.67 bits per heavy atom. The van der Waals surface area contributed by atoms with E-state index in [9.17, 15) is 5.11 Å². The predicted molar refractivity (Wildman–Crippen MR) is 51.2 cm³/mol. The van der Waals surface area contributed by atoms with Gasteiger partial charge in [0.25, 0.3) is 0 Å². The van der Waals surface area contributed by atoms with Crippen LogP contribution in [0.1, 0.15) is 32.1 Å². The molecular weight excluding hydrogens is 216 g/mol. The second-order valence-corrected chi connectivity index (χ2v) is 6.79. The van der Waals surface area contributed by atoms with Crippen molar-refractivity contribution in [1.82, 2.24) is 0 Å². The molecule has 4 aliphatic rings. The van der Waals surface area contributed by atoms with Crippen molar-refractivity contribution in [2.75, 3.05) is 0 Å². The molecule has 1 N–H and O–H groups in total. The molecule has 0 aromatic rings. The molecule has 0 amide bonds. The van der Waals surface area contributed by atoms with E-state index in [1.54, 1.807) is 0 Å². The van der Waals surface area contributed by atoms with E-state index in [2.05, 4.69) is 15.9 Å². The number of hydrogen-bond acceptors (Lipinski definition) is 1. The Balaban J connectivity index is 1.95. The average Bonchev–Trinajstić information content (AvgIpc) is 1.96. The van der Waals surface area contributed by atoms with Gasteiger partial charge in [0.15, 0.2) is 0 Å². The third kappa shape index (κ3) is 0.941. The van der Waals surface area contributed by atoms with Gasteiger partial charge in [-0.05, 0) is 49.9 Å². The van der Waals surface area contributed by atoms with E-state index in [4.69, 9.17) is 0 Å². The van der Waals surface area contributed by atoms with E-state index < -0.39 is 0 Å². The molecule has 3 unspecified atom stereocenters. The molecule has 4 aliphatic carbocycles. The second-order valence-electron chi connectivity index (χ2n) is 5.11.